The SMILES string of the molecule is CCc1ccccc1S(=O)(=O)NC(C)c1ccn[nH]1. The van der Waals surface area contributed by atoms with Crippen molar-refractivity contribution < 1.29 is 8.42 Å². The third-order valence-corrected chi connectivity index (χ3v) is 4.60. The number of nitrogens with one attached hydrogen (secondary N) is 2. The predicted molar refractivity (Wildman–Crippen MR) is 73.1 cm³/mol. The Bertz CT molecular complexity index is 636. The fourth-order valence-corrected chi connectivity index (χ4v) is 3.46. The second-order valence-electron chi connectivity index (χ2n) is 4.32. The van der Waals surface area contributed by atoms with Crippen LogP contribution in [0.5, 0.6) is 0 Å². The van der Waals surface area contributed by atoms with E-state index < -0.39 is 10.0 Å². The molecule has 6 heteroatoms. The highest BCUT2D eigenvalue weighted by Crippen LogP contribution is 2.19. The van der Waals surface area contributed by atoms with Crippen LogP contribution in [0, 0.1) is 0 Å². The third-order valence-electron chi connectivity index (χ3n) is 2.96. The molecule has 0 saturated carbocycles. The topological polar surface area (TPSA) is 74.8 Å². The summed E-state index contributed by atoms with van der Waals surface area (Å²) >= 11 is 0. The lowest BCUT2D eigenvalue weighted by Gasteiger charge is -2.14. The van der Waals surface area contributed by atoms with Crippen LogP contribution in [0.4, 0.5) is 0 Å². The molecule has 2 aromatic rings. The molecule has 0 radical (unpaired) electrons. The first kappa shape index (κ1) is 13.8. The van der Waals surface area contributed by atoms with Crippen molar-refractivity contribution in [3.63, 3.8) is 0 Å². The van der Waals surface area contributed by atoms with Gasteiger partial charge in [0, 0.05) is 6.20 Å². The fraction of sp³-hybridized carbons (Fsp3) is 0.308. The molecule has 1 heterocycles. The molecule has 102 valence electrons. The van der Waals surface area contributed by atoms with Gasteiger partial charge in [-0.1, -0.05) is 25.1 Å². The summed E-state index contributed by atoms with van der Waals surface area (Å²) in [7, 11) is -3.53. The fourth-order valence-electron chi connectivity index (χ4n) is 1.93. The van der Waals surface area contributed by atoms with E-state index in [1.165, 1.54) is 0 Å². The van der Waals surface area contributed by atoms with E-state index in [0.717, 1.165) is 11.3 Å². The molecule has 0 aliphatic carbocycles. The summed E-state index contributed by atoms with van der Waals surface area (Å²) in [6.07, 6.45) is 2.27. The monoisotopic (exact) mass is 279 g/mol. The van der Waals surface area contributed by atoms with Gasteiger partial charge in [-0.15, -0.1) is 0 Å². The normalized spacial score (nSPS) is 13.4. The summed E-state index contributed by atoms with van der Waals surface area (Å²) in [5.41, 5.74) is 1.55. The maximum atomic E-state index is 12.4. The van der Waals surface area contributed by atoms with Gasteiger partial charge in [0.2, 0.25) is 10.0 Å². The molecule has 2 N–H and O–H groups in total. The van der Waals surface area contributed by atoms with Crippen molar-refractivity contribution in [3.8, 4) is 0 Å². The molecule has 0 bridgehead atoms. The Kier molecular flexibility index (Phi) is 4.01. The number of H-pyrrole nitrogens is 1. The summed E-state index contributed by atoms with van der Waals surface area (Å²) in [5, 5.41) is 6.58. The van der Waals surface area contributed by atoms with E-state index in [-0.39, 0.29) is 6.04 Å². The number of sulfonamides is 1. The molecule has 0 fully saturated rings. The van der Waals surface area contributed by atoms with Gasteiger partial charge in [0.25, 0.3) is 0 Å². The van der Waals surface area contributed by atoms with Crippen LogP contribution in [0.3, 0.4) is 0 Å². The number of hydrogen-bond acceptors (Lipinski definition) is 3. The molecule has 1 aromatic heterocycles. The highest BCUT2D eigenvalue weighted by molar-refractivity contribution is 7.89. The quantitative estimate of drug-likeness (QED) is 0.879. The van der Waals surface area contributed by atoms with Crippen molar-refractivity contribution in [2.75, 3.05) is 0 Å². The Labute approximate surface area is 113 Å². The molecule has 2 rings (SSSR count). The molecule has 0 saturated heterocycles. The second kappa shape index (κ2) is 5.54. The van der Waals surface area contributed by atoms with Gasteiger partial charge in [0.05, 0.1) is 16.6 Å². The Balaban J connectivity index is 2.28. The minimum Gasteiger partial charge on any atom is -0.281 e. The maximum Gasteiger partial charge on any atom is 0.241 e. The first-order valence-electron chi connectivity index (χ1n) is 6.14. The first-order chi connectivity index (χ1) is 9.04. The van der Waals surface area contributed by atoms with Crippen LogP contribution in [-0.2, 0) is 16.4 Å². The Morgan fingerprint density at radius 1 is 1.32 bits per heavy atom. The lowest BCUT2D eigenvalue weighted by molar-refractivity contribution is 0.562. The van der Waals surface area contributed by atoms with Crippen LogP contribution in [0.1, 0.15) is 31.1 Å². The van der Waals surface area contributed by atoms with Crippen molar-refractivity contribution in [3.05, 3.63) is 47.8 Å². The van der Waals surface area contributed by atoms with E-state index in [1.54, 1.807) is 31.3 Å². The Hall–Kier alpha value is -1.66. The molecule has 1 atom stereocenters. The highest BCUT2D eigenvalue weighted by Gasteiger charge is 2.21. The van der Waals surface area contributed by atoms with Crippen LogP contribution in [-0.4, -0.2) is 18.6 Å². The van der Waals surface area contributed by atoms with Crippen molar-refractivity contribution in [2.45, 2.75) is 31.2 Å². The zero-order valence-electron chi connectivity index (χ0n) is 10.9. The molecular weight excluding hydrogens is 262 g/mol. The summed E-state index contributed by atoms with van der Waals surface area (Å²) in [4.78, 5) is 0.337. The van der Waals surface area contributed by atoms with E-state index in [4.69, 9.17) is 0 Å². The summed E-state index contributed by atoms with van der Waals surface area (Å²) in [5.74, 6) is 0. The van der Waals surface area contributed by atoms with Crippen molar-refractivity contribution in [1.82, 2.24) is 14.9 Å². The van der Waals surface area contributed by atoms with Crippen LogP contribution >= 0.6 is 0 Å². The average molecular weight is 279 g/mol. The molecule has 5 nitrogen and oxygen atoms in total. The van der Waals surface area contributed by atoms with Crippen molar-refractivity contribution in [2.24, 2.45) is 0 Å². The molecule has 1 unspecified atom stereocenters. The van der Waals surface area contributed by atoms with Crippen LogP contribution in [0.2, 0.25) is 0 Å². The van der Waals surface area contributed by atoms with E-state index in [1.807, 2.05) is 19.1 Å². The van der Waals surface area contributed by atoms with Gasteiger partial charge in [-0.25, -0.2) is 13.1 Å². The zero-order valence-corrected chi connectivity index (χ0v) is 11.7. The number of benzene rings is 1. The molecule has 0 spiro atoms. The second-order valence-corrected chi connectivity index (χ2v) is 6.00. The molecular formula is C13H17N3O2S. The van der Waals surface area contributed by atoms with Gasteiger partial charge in [-0.2, -0.15) is 5.10 Å². The lowest BCUT2D eigenvalue weighted by Crippen LogP contribution is -2.28. The van der Waals surface area contributed by atoms with E-state index in [2.05, 4.69) is 14.9 Å². The zero-order chi connectivity index (χ0) is 13.9. The van der Waals surface area contributed by atoms with Crippen LogP contribution in [0.15, 0.2) is 41.4 Å². The van der Waals surface area contributed by atoms with E-state index in [9.17, 15) is 8.42 Å². The summed E-state index contributed by atoms with van der Waals surface area (Å²) < 4.78 is 27.4. The molecule has 0 aliphatic heterocycles. The van der Waals surface area contributed by atoms with Gasteiger partial charge >= 0.3 is 0 Å². The first-order valence-corrected chi connectivity index (χ1v) is 7.62. The summed E-state index contributed by atoms with van der Waals surface area (Å²) in [6.45, 7) is 3.71. The third kappa shape index (κ3) is 3.02. The minimum absolute atomic E-state index is 0.337. The molecule has 0 aliphatic rings. The van der Waals surface area contributed by atoms with Gasteiger partial charge in [-0.3, -0.25) is 5.10 Å². The number of rotatable bonds is 5. The number of aryl methyl sites for hydroxylation is 1. The minimum atomic E-state index is -3.53. The Morgan fingerprint density at radius 2 is 2.05 bits per heavy atom. The van der Waals surface area contributed by atoms with Crippen LogP contribution in [0.25, 0.3) is 0 Å². The van der Waals surface area contributed by atoms with Gasteiger partial charge < -0.3 is 0 Å². The molecule has 19 heavy (non-hydrogen) atoms. The maximum absolute atomic E-state index is 12.4. The summed E-state index contributed by atoms with van der Waals surface area (Å²) in [6, 6.07) is 8.43. The number of hydrogen-bond donors (Lipinski definition) is 2. The number of aromatic amines is 1. The van der Waals surface area contributed by atoms with Gasteiger partial charge in [0.1, 0.15) is 0 Å². The largest absolute Gasteiger partial charge is 0.281 e. The van der Waals surface area contributed by atoms with Crippen molar-refractivity contribution >= 4 is 10.0 Å². The van der Waals surface area contributed by atoms with Crippen molar-refractivity contribution in [1.29, 1.82) is 0 Å². The lowest BCUT2D eigenvalue weighted by atomic mass is 10.2. The molecule has 0 amide bonds. The van der Waals surface area contributed by atoms with E-state index in [0.29, 0.717) is 11.3 Å². The standard InChI is InChI=1S/C13H17N3O2S/c1-3-11-6-4-5-7-13(11)19(17,18)16-10(2)12-8-9-14-15-12/h4-10,16H,3H2,1-2H3,(H,14,15). The highest BCUT2D eigenvalue weighted by atomic mass is 32.2. The predicted octanol–water partition coefficient (Wildman–Crippen LogP) is 2.01. The van der Waals surface area contributed by atoms with Gasteiger partial charge in [-0.05, 0) is 31.0 Å². The van der Waals surface area contributed by atoms with Gasteiger partial charge in [0.15, 0.2) is 0 Å². The Morgan fingerprint density at radius 3 is 2.68 bits per heavy atom. The number of aromatic nitrogens is 2. The number of nitrogens with zero attached hydrogens (tertiary/aromatic N) is 1. The van der Waals surface area contributed by atoms with E-state index >= 15 is 0 Å². The molecule has 1 aromatic carbocycles. The average Bonchev–Trinajstić information content (AvgIpc) is 2.92. The van der Waals surface area contributed by atoms with Crippen LogP contribution < -0.4 is 4.72 Å². The smallest absolute Gasteiger partial charge is 0.241 e.